The molecule has 2 heteroatoms. The zero-order valence-corrected chi connectivity index (χ0v) is 9.78. The summed E-state index contributed by atoms with van der Waals surface area (Å²) in [5.41, 5.74) is 8.36. The lowest BCUT2D eigenvalue weighted by atomic mass is 9.74. The fourth-order valence-electron chi connectivity index (χ4n) is 2.48. The molecule has 2 atom stereocenters. The zero-order valence-electron chi connectivity index (χ0n) is 9.78. The van der Waals surface area contributed by atoms with Crippen LogP contribution in [-0.4, -0.2) is 12.3 Å². The van der Waals surface area contributed by atoms with Crippen molar-refractivity contribution >= 4 is 5.78 Å². The van der Waals surface area contributed by atoms with E-state index in [0.717, 1.165) is 12.8 Å². The number of nitrogens with two attached hydrogens (primary N) is 1. The van der Waals surface area contributed by atoms with E-state index in [9.17, 15) is 4.79 Å². The van der Waals surface area contributed by atoms with Crippen molar-refractivity contribution in [3.05, 3.63) is 35.4 Å². The second kappa shape index (κ2) is 4.79. The Kier molecular flexibility index (Phi) is 3.39. The van der Waals surface area contributed by atoms with Gasteiger partial charge in [-0.1, -0.05) is 31.2 Å². The van der Waals surface area contributed by atoms with Crippen LogP contribution in [-0.2, 0) is 11.2 Å². The van der Waals surface area contributed by atoms with Crippen LogP contribution in [0.5, 0.6) is 0 Å². The molecule has 16 heavy (non-hydrogen) atoms. The van der Waals surface area contributed by atoms with Crippen LogP contribution in [0.25, 0.3) is 0 Å². The molecule has 1 aliphatic carbocycles. The number of Topliss-reactive ketones (excluding diaryl/α,β-unsaturated/α-hetero) is 1. The maximum atomic E-state index is 11.9. The van der Waals surface area contributed by atoms with E-state index in [-0.39, 0.29) is 5.92 Å². The molecule has 1 aromatic rings. The molecule has 0 aliphatic heterocycles. The number of hydrogen-bond acceptors (Lipinski definition) is 2. The molecule has 0 heterocycles. The number of ketones is 1. The molecule has 0 aromatic heterocycles. The minimum atomic E-state index is 0.0627. The average molecular weight is 217 g/mol. The monoisotopic (exact) mass is 217 g/mol. The Morgan fingerprint density at radius 2 is 2.25 bits per heavy atom. The summed E-state index contributed by atoms with van der Waals surface area (Å²) < 4.78 is 0. The van der Waals surface area contributed by atoms with E-state index in [1.165, 1.54) is 11.1 Å². The summed E-state index contributed by atoms with van der Waals surface area (Å²) in [6.45, 7) is 2.52. The van der Waals surface area contributed by atoms with Gasteiger partial charge >= 0.3 is 0 Å². The van der Waals surface area contributed by atoms with Crippen molar-refractivity contribution in [2.24, 2.45) is 11.7 Å². The molecular formula is C14H19NO. The van der Waals surface area contributed by atoms with Gasteiger partial charge in [-0.2, -0.15) is 0 Å². The van der Waals surface area contributed by atoms with Crippen molar-refractivity contribution < 1.29 is 4.79 Å². The smallest absolute Gasteiger partial charge is 0.137 e. The van der Waals surface area contributed by atoms with Crippen molar-refractivity contribution in [1.82, 2.24) is 0 Å². The number of fused-ring (bicyclic) bond motifs is 1. The van der Waals surface area contributed by atoms with Crippen molar-refractivity contribution in [2.75, 3.05) is 6.54 Å². The van der Waals surface area contributed by atoms with E-state index in [4.69, 9.17) is 5.73 Å². The van der Waals surface area contributed by atoms with Gasteiger partial charge in [0.1, 0.15) is 5.78 Å². The van der Waals surface area contributed by atoms with Gasteiger partial charge in [0.2, 0.25) is 0 Å². The van der Waals surface area contributed by atoms with Gasteiger partial charge in [-0.3, -0.25) is 4.79 Å². The summed E-state index contributed by atoms with van der Waals surface area (Å²) in [6.07, 6.45) is 2.60. The summed E-state index contributed by atoms with van der Waals surface area (Å²) in [5, 5.41) is 0. The molecular weight excluding hydrogens is 198 g/mol. The Hall–Kier alpha value is -1.15. The highest BCUT2D eigenvalue weighted by Crippen LogP contribution is 2.37. The molecule has 2 unspecified atom stereocenters. The third-order valence-electron chi connectivity index (χ3n) is 3.64. The van der Waals surface area contributed by atoms with Gasteiger partial charge < -0.3 is 5.73 Å². The van der Waals surface area contributed by atoms with Gasteiger partial charge in [0, 0.05) is 18.9 Å². The van der Waals surface area contributed by atoms with Crippen molar-refractivity contribution in [3.8, 4) is 0 Å². The topological polar surface area (TPSA) is 43.1 Å². The Balaban J connectivity index is 1.96. The summed E-state index contributed by atoms with van der Waals surface area (Å²) in [7, 11) is 0. The van der Waals surface area contributed by atoms with Crippen LogP contribution in [0.15, 0.2) is 24.3 Å². The second-order valence-corrected chi connectivity index (χ2v) is 4.61. The molecule has 0 amide bonds. The van der Waals surface area contributed by atoms with Gasteiger partial charge in [-0.15, -0.1) is 0 Å². The Morgan fingerprint density at radius 1 is 1.50 bits per heavy atom. The quantitative estimate of drug-likeness (QED) is 0.822. The zero-order chi connectivity index (χ0) is 11.5. The van der Waals surface area contributed by atoms with E-state index >= 15 is 0 Å². The van der Waals surface area contributed by atoms with Crippen LogP contribution in [0.1, 0.15) is 36.8 Å². The van der Waals surface area contributed by atoms with E-state index in [1.807, 2.05) is 6.92 Å². The molecule has 0 bridgehead atoms. The molecule has 1 aromatic carbocycles. The predicted molar refractivity (Wildman–Crippen MR) is 65.3 cm³/mol. The average Bonchev–Trinajstić information content (AvgIpc) is 2.27. The lowest BCUT2D eigenvalue weighted by Gasteiger charge is -2.30. The van der Waals surface area contributed by atoms with Gasteiger partial charge in [-0.05, 0) is 29.9 Å². The Labute approximate surface area is 96.8 Å². The highest BCUT2D eigenvalue weighted by atomic mass is 16.1. The summed E-state index contributed by atoms with van der Waals surface area (Å²) in [6, 6.07) is 8.40. The molecule has 0 radical (unpaired) electrons. The molecule has 1 aliphatic rings. The minimum absolute atomic E-state index is 0.0627. The van der Waals surface area contributed by atoms with Crippen LogP contribution in [0.3, 0.4) is 0 Å². The van der Waals surface area contributed by atoms with Gasteiger partial charge in [-0.25, -0.2) is 0 Å². The third-order valence-corrected chi connectivity index (χ3v) is 3.64. The maximum Gasteiger partial charge on any atom is 0.137 e. The molecule has 2 nitrogen and oxygen atoms in total. The molecule has 2 rings (SSSR count). The highest BCUT2D eigenvalue weighted by Gasteiger charge is 2.29. The molecule has 0 saturated heterocycles. The van der Waals surface area contributed by atoms with Crippen LogP contribution in [0, 0.1) is 5.92 Å². The van der Waals surface area contributed by atoms with Crippen LogP contribution in [0.4, 0.5) is 0 Å². The normalized spacial score (nSPS) is 19.8. The number of rotatable bonds is 5. The molecule has 2 N–H and O–H groups in total. The summed E-state index contributed by atoms with van der Waals surface area (Å²) in [5.74, 6) is 0.849. The lowest BCUT2D eigenvalue weighted by Crippen LogP contribution is -2.27. The standard InChI is InChI=1S/C14H19NO/c1-2-10(9-15)14(16)8-12-7-11-5-3-4-6-13(11)12/h3-6,10,12H,2,7-9,15H2,1H3. The first-order valence-electron chi connectivity index (χ1n) is 6.06. The largest absolute Gasteiger partial charge is 0.330 e. The molecule has 0 saturated carbocycles. The van der Waals surface area contributed by atoms with E-state index in [2.05, 4.69) is 24.3 Å². The fourth-order valence-corrected chi connectivity index (χ4v) is 2.48. The first-order valence-corrected chi connectivity index (χ1v) is 6.06. The number of carbonyl (C=O) groups excluding carboxylic acids is 1. The van der Waals surface area contributed by atoms with E-state index in [0.29, 0.717) is 24.7 Å². The summed E-state index contributed by atoms with van der Waals surface area (Å²) in [4.78, 5) is 11.9. The lowest BCUT2D eigenvalue weighted by molar-refractivity contribution is -0.123. The van der Waals surface area contributed by atoms with E-state index < -0.39 is 0 Å². The minimum Gasteiger partial charge on any atom is -0.330 e. The van der Waals surface area contributed by atoms with Crippen molar-refractivity contribution in [1.29, 1.82) is 0 Å². The Morgan fingerprint density at radius 3 is 2.88 bits per heavy atom. The van der Waals surface area contributed by atoms with Crippen LogP contribution < -0.4 is 5.73 Å². The molecule has 86 valence electrons. The maximum absolute atomic E-state index is 11.9. The van der Waals surface area contributed by atoms with Crippen LogP contribution >= 0.6 is 0 Å². The highest BCUT2D eigenvalue weighted by molar-refractivity contribution is 5.82. The molecule has 0 spiro atoms. The number of carbonyl (C=O) groups is 1. The summed E-state index contributed by atoms with van der Waals surface area (Å²) >= 11 is 0. The first kappa shape index (κ1) is 11.3. The number of benzene rings is 1. The van der Waals surface area contributed by atoms with Crippen molar-refractivity contribution in [3.63, 3.8) is 0 Å². The van der Waals surface area contributed by atoms with Crippen molar-refractivity contribution in [2.45, 2.75) is 32.1 Å². The fraction of sp³-hybridized carbons (Fsp3) is 0.500. The predicted octanol–water partition coefficient (Wildman–Crippen LogP) is 2.27. The first-order chi connectivity index (χ1) is 7.76. The third kappa shape index (κ3) is 2.03. The van der Waals surface area contributed by atoms with E-state index in [1.54, 1.807) is 0 Å². The van der Waals surface area contributed by atoms with Gasteiger partial charge in [0.05, 0.1) is 0 Å². The second-order valence-electron chi connectivity index (χ2n) is 4.61. The van der Waals surface area contributed by atoms with Gasteiger partial charge in [0.25, 0.3) is 0 Å². The van der Waals surface area contributed by atoms with Gasteiger partial charge in [0.15, 0.2) is 0 Å². The number of hydrogen-bond donors (Lipinski definition) is 1. The SMILES string of the molecule is CCC(CN)C(=O)CC1Cc2ccccc21. The molecule has 0 fully saturated rings. The Bertz CT molecular complexity index is 382. The van der Waals surface area contributed by atoms with Crippen LogP contribution in [0.2, 0.25) is 0 Å².